The van der Waals surface area contributed by atoms with E-state index in [4.69, 9.17) is 0 Å². The third-order valence-electron chi connectivity index (χ3n) is 3.97. The molecule has 0 amide bonds. The highest BCUT2D eigenvalue weighted by atomic mass is 32.2. The predicted octanol–water partition coefficient (Wildman–Crippen LogP) is 1.08. The lowest BCUT2D eigenvalue weighted by Crippen LogP contribution is -2.36. The van der Waals surface area contributed by atoms with Crippen LogP contribution in [0.4, 0.5) is 0 Å². The molecule has 1 aromatic carbocycles. The summed E-state index contributed by atoms with van der Waals surface area (Å²) in [6.45, 7) is 4.40. The quantitative estimate of drug-likeness (QED) is 0.866. The summed E-state index contributed by atoms with van der Waals surface area (Å²) in [5.41, 5.74) is 2.20. The molecular formula is C14H20N4O2S. The number of aromatic amines is 1. The Bertz CT molecular complexity index is 725. The lowest BCUT2D eigenvalue weighted by Gasteiger charge is -2.16. The van der Waals surface area contributed by atoms with Crippen molar-refractivity contribution < 1.29 is 8.42 Å². The minimum Gasteiger partial charge on any atom is -0.298 e. The average molecular weight is 308 g/mol. The van der Waals surface area contributed by atoms with E-state index in [2.05, 4.69) is 25.9 Å². The van der Waals surface area contributed by atoms with Crippen molar-refractivity contribution >= 4 is 20.9 Å². The van der Waals surface area contributed by atoms with E-state index in [9.17, 15) is 8.42 Å². The van der Waals surface area contributed by atoms with Crippen LogP contribution < -0.4 is 4.72 Å². The van der Waals surface area contributed by atoms with Crippen LogP contribution in [0, 0.1) is 0 Å². The third kappa shape index (κ3) is 2.95. The van der Waals surface area contributed by atoms with Crippen molar-refractivity contribution in [3.8, 4) is 0 Å². The predicted molar refractivity (Wildman–Crippen MR) is 82.4 cm³/mol. The van der Waals surface area contributed by atoms with Gasteiger partial charge in [-0.05, 0) is 18.5 Å². The molecule has 2 N–H and O–H groups in total. The number of sulfonamides is 1. The van der Waals surface area contributed by atoms with Gasteiger partial charge in [0.05, 0.1) is 17.0 Å². The highest BCUT2D eigenvalue weighted by Crippen LogP contribution is 2.22. The van der Waals surface area contributed by atoms with Gasteiger partial charge in [0.2, 0.25) is 10.0 Å². The summed E-state index contributed by atoms with van der Waals surface area (Å²) in [5, 5.41) is 7.86. The van der Waals surface area contributed by atoms with E-state index in [1.54, 1.807) is 6.20 Å². The first-order chi connectivity index (χ1) is 10.1. The Balaban J connectivity index is 1.72. The van der Waals surface area contributed by atoms with Crippen LogP contribution in [0.2, 0.25) is 0 Å². The molecule has 7 heteroatoms. The molecule has 2 aromatic rings. The molecule has 1 aliphatic rings. The number of nitrogens with one attached hydrogen (secondary N) is 2. The maximum absolute atomic E-state index is 12.0. The zero-order chi connectivity index (χ0) is 14.9. The van der Waals surface area contributed by atoms with Gasteiger partial charge in [-0.3, -0.25) is 10.00 Å². The molecule has 1 aromatic heterocycles. The van der Waals surface area contributed by atoms with Crippen LogP contribution in [0.5, 0.6) is 0 Å². The summed E-state index contributed by atoms with van der Waals surface area (Å²) in [6, 6.07) is 6.09. The molecule has 0 aliphatic carbocycles. The van der Waals surface area contributed by atoms with Gasteiger partial charge in [-0.1, -0.05) is 25.1 Å². The van der Waals surface area contributed by atoms with Gasteiger partial charge in [0.1, 0.15) is 0 Å². The van der Waals surface area contributed by atoms with Crippen molar-refractivity contribution in [3.63, 3.8) is 0 Å². The van der Waals surface area contributed by atoms with E-state index < -0.39 is 10.0 Å². The number of hydrogen-bond donors (Lipinski definition) is 2. The molecule has 3 rings (SSSR count). The second-order valence-corrected chi connectivity index (χ2v) is 7.49. The monoisotopic (exact) mass is 308 g/mol. The van der Waals surface area contributed by atoms with E-state index in [0.29, 0.717) is 19.5 Å². The van der Waals surface area contributed by atoms with Crippen LogP contribution in [0.15, 0.2) is 24.4 Å². The molecular weight excluding hydrogens is 288 g/mol. The fourth-order valence-corrected chi connectivity index (χ4v) is 4.38. The molecule has 6 nitrogen and oxygen atoms in total. The normalized spacial score (nSPS) is 20.3. The zero-order valence-corrected chi connectivity index (χ0v) is 12.9. The molecule has 0 radical (unpaired) electrons. The number of hydrogen-bond acceptors (Lipinski definition) is 4. The maximum Gasteiger partial charge on any atom is 0.215 e. The van der Waals surface area contributed by atoms with Crippen molar-refractivity contribution in [2.24, 2.45) is 0 Å². The Morgan fingerprint density at radius 1 is 1.48 bits per heavy atom. The Morgan fingerprint density at radius 2 is 2.33 bits per heavy atom. The molecule has 21 heavy (non-hydrogen) atoms. The van der Waals surface area contributed by atoms with Crippen LogP contribution in [0.25, 0.3) is 10.9 Å². The van der Waals surface area contributed by atoms with Gasteiger partial charge in [-0.15, -0.1) is 0 Å². The smallest absolute Gasteiger partial charge is 0.215 e. The number of nitrogens with zero attached hydrogens (tertiary/aromatic N) is 2. The lowest BCUT2D eigenvalue weighted by molar-refractivity contribution is 0.332. The average Bonchev–Trinajstić information content (AvgIpc) is 3.07. The number of likely N-dealkylation sites (tertiary alicyclic amines) is 1. The second kappa shape index (κ2) is 5.75. The van der Waals surface area contributed by atoms with Crippen LogP contribution in [0.3, 0.4) is 0 Å². The van der Waals surface area contributed by atoms with Crippen molar-refractivity contribution in [3.05, 3.63) is 30.0 Å². The molecule has 1 fully saturated rings. The van der Waals surface area contributed by atoms with E-state index >= 15 is 0 Å². The Kier molecular flexibility index (Phi) is 3.97. The molecule has 0 saturated carbocycles. The van der Waals surface area contributed by atoms with Gasteiger partial charge < -0.3 is 0 Å². The van der Waals surface area contributed by atoms with Gasteiger partial charge in [0, 0.05) is 25.0 Å². The number of para-hydroxylation sites is 1. The summed E-state index contributed by atoms with van der Waals surface area (Å²) >= 11 is 0. The summed E-state index contributed by atoms with van der Waals surface area (Å²) in [5.74, 6) is 0. The van der Waals surface area contributed by atoms with Crippen LogP contribution in [0.1, 0.15) is 18.9 Å². The van der Waals surface area contributed by atoms with Gasteiger partial charge in [0.15, 0.2) is 0 Å². The van der Waals surface area contributed by atoms with Gasteiger partial charge in [0.25, 0.3) is 0 Å². The van der Waals surface area contributed by atoms with Crippen LogP contribution in [-0.2, 0) is 16.6 Å². The maximum atomic E-state index is 12.0. The van der Waals surface area contributed by atoms with E-state index in [0.717, 1.165) is 29.6 Å². The van der Waals surface area contributed by atoms with Crippen LogP contribution in [-0.4, -0.2) is 48.4 Å². The number of benzene rings is 1. The van der Waals surface area contributed by atoms with Crippen molar-refractivity contribution in [1.29, 1.82) is 0 Å². The largest absolute Gasteiger partial charge is 0.298 e. The van der Waals surface area contributed by atoms with Gasteiger partial charge in [-0.25, -0.2) is 13.1 Å². The molecule has 2 heterocycles. The number of fused-ring (bicyclic) bond motifs is 1. The summed E-state index contributed by atoms with van der Waals surface area (Å²) in [7, 11) is -3.18. The fourth-order valence-electron chi connectivity index (χ4n) is 2.92. The molecule has 0 spiro atoms. The summed E-state index contributed by atoms with van der Waals surface area (Å²) < 4.78 is 26.7. The van der Waals surface area contributed by atoms with E-state index in [1.807, 2.05) is 19.1 Å². The SMILES string of the molecule is CCNS(=O)(=O)[C@H]1CCN(Cc2cccc3cn[nH]c23)C1. The molecule has 1 saturated heterocycles. The number of H-pyrrole nitrogens is 1. The minimum absolute atomic E-state index is 0.307. The first kappa shape index (κ1) is 14.5. The number of aromatic nitrogens is 2. The highest BCUT2D eigenvalue weighted by Gasteiger charge is 2.32. The zero-order valence-electron chi connectivity index (χ0n) is 12.0. The van der Waals surface area contributed by atoms with E-state index in [-0.39, 0.29) is 5.25 Å². The minimum atomic E-state index is -3.18. The summed E-state index contributed by atoms with van der Waals surface area (Å²) in [6.07, 6.45) is 2.50. The summed E-state index contributed by atoms with van der Waals surface area (Å²) in [4.78, 5) is 2.19. The van der Waals surface area contributed by atoms with Gasteiger partial charge in [-0.2, -0.15) is 5.10 Å². The standard InChI is InChI=1S/C14H20N4O2S/c1-2-16-21(19,20)13-6-7-18(10-13)9-12-5-3-4-11-8-15-17-14(11)12/h3-5,8,13,16H,2,6-7,9-10H2,1H3,(H,15,17)/t13-/m0/s1. The highest BCUT2D eigenvalue weighted by molar-refractivity contribution is 7.90. The Labute approximate surface area is 124 Å². The molecule has 1 aliphatic heterocycles. The lowest BCUT2D eigenvalue weighted by atomic mass is 10.1. The molecule has 1 atom stereocenters. The fraction of sp³-hybridized carbons (Fsp3) is 0.500. The first-order valence-electron chi connectivity index (χ1n) is 7.22. The first-order valence-corrected chi connectivity index (χ1v) is 8.76. The van der Waals surface area contributed by atoms with Crippen molar-refractivity contribution in [2.75, 3.05) is 19.6 Å². The van der Waals surface area contributed by atoms with Crippen molar-refractivity contribution in [1.82, 2.24) is 19.8 Å². The molecule has 0 bridgehead atoms. The Hall–Kier alpha value is -1.44. The van der Waals surface area contributed by atoms with Gasteiger partial charge >= 0.3 is 0 Å². The molecule has 114 valence electrons. The molecule has 0 unspecified atom stereocenters. The Morgan fingerprint density at radius 3 is 3.14 bits per heavy atom. The number of rotatable bonds is 5. The van der Waals surface area contributed by atoms with Crippen LogP contribution >= 0.6 is 0 Å². The topological polar surface area (TPSA) is 78.1 Å². The van der Waals surface area contributed by atoms with E-state index in [1.165, 1.54) is 0 Å². The van der Waals surface area contributed by atoms with Crippen molar-refractivity contribution in [2.45, 2.75) is 25.1 Å². The third-order valence-corrected chi connectivity index (χ3v) is 5.92. The second-order valence-electron chi connectivity index (χ2n) is 5.44.